The maximum absolute atomic E-state index is 12.2. The van der Waals surface area contributed by atoms with E-state index >= 15 is 0 Å². The fourth-order valence-electron chi connectivity index (χ4n) is 1.50. The number of unbranched alkanes of at least 4 members (excludes halogenated alkanes) is 2. The van der Waals surface area contributed by atoms with Crippen LogP contribution in [0, 0.1) is 5.41 Å². The Morgan fingerprint density at radius 1 is 1.06 bits per heavy atom. The van der Waals surface area contributed by atoms with E-state index in [0.717, 1.165) is 25.7 Å². The molecule has 4 nitrogen and oxygen atoms in total. The van der Waals surface area contributed by atoms with Gasteiger partial charge in [-0.15, -0.1) is 0 Å². The number of rotatable bonds is 8. The van der Waals surface area contributed by atoms with Crippen molar-refractivity contribution in [2.75, 3.05) is 13.1 Å². The van der Waals surface area contributed by atoms with E-state index in [0.29, 0.717) is 13.1 Å². The van der Waals surface area contributed by atoms with Crippen LogP contribution < -0.4 is 0 Å². The molecule has 1 N–H and O–H groups in total. The summed E-state index contributed by atoms with van der Waals surface area (Å²) in [6, 6.07) is 0. The summed E-state index contributed by atoms with van der Waals surface area (Å²) in [4.78, 5) is 24.9. The number of carbonyl (C=O) groups is 2. The maximum Gasteiger partial charge on any atom is 0.318 e. The molecule has 1 amide bonds. The Kier molecular flexibility index (Phi) is 6.85. The molecule has 17 heavy (non-hydrogen) atoms. The van der Waals surface area contributed by atoms with Gasteiger partial charge >= 0.3 is 5.97 Å². The van der Waals surface area contributed by atoms with Crippen LogP contribution in [0.3, 0.4) is 0 Å². The van der Waals surface area contributed by atoms with Gasteiger partial charge < -0.3 is 10.0 Å². The second-order valence-corrected chi connectivity index (χ2v) is 4.93. The molecule has 0 aliphatic carbocycles. The van der Waals surface area contributed by atoms with Crippen molar-refractivity contribution in [1.29, 1.82) is 0 Å². The number of amides is 1. The van der Waals surface area contributed by atoms with Crippen molar-refractivity contribution >= 4 is 11.9 Å². The van der Waals surface area contributed by atoms with Gasteiger partial charge in [0.05, 0.1) is 0 Å². The summed E-state index contributed by atoms with van der Waals surface area (Å²) in [6.45, 7) is 8.39. The topological polar surface area (TPSA) is 57.6 Å². The molecule has 0 aromatic carbocycles. The predicted molar refractivity (Wildman–Crippen MR) is 67.8 cm³/mol. The lowest BCUT2D eigenvalue weighted by atomic mass is 9.91. The van der Waals surface area contributed by atoms with E-state index in [1.807, 2.05) is 0 Å². The molecule has 0 heterocycles. The summed E-state index contributed by atoms with van der Waals surface area (Å²) in [6.07, 6.45) is 3.85. The summed E-state index contributed by atoms with van der Waals surface area (Å²) >= 11 is 0. The third-order valence-corrected chi connectivity index (χ3v) is 2.92. The van der Waals surface area contributed by atoms with E-state index < -0.39 is 11.4 Å². The van der Waals surface area contributed by atoms with Crippen molar-refractivity contribution in [3.8, 4) is 0 Å². The number of carboxylic acids is 1. The first-order chi connectivity index (χ1) is 7.87. The van der Waals surface area contributed by atoms with Crippen LogP contribution in [0.25, 0.3) is 0 Å². The molecule has 0 aliphatic heterocycles. The van der Waals surface area contributed by atoms with E-state index in [4.69, 9.17) is 5.11 Å². The summed E-state index contributed by atoms with van der Waals surface area (Å²) in [5, 5.41) is 9.06. The molecule has 0 fully saturated rings. The molecule has 4 heteroatoms. The Hall–Kier alpha value is -1.06. The first-order valence-electron chi connectivity index (χ1n) is 6.40. The van der Waals surface area contributed by atoms with Gasteiger partial charge in [-0.1, -0.05) is 26.7 Å². The monoisotopic (exact) mass is 243 g/mol. The number of carbonyl (C=O) groups excluding carboxylic acids is 1. The molecular formula is C13H25NO3. The number of aliphatic carboxylic acids is 1. The van der Waals surface area contributed by atoms with E-state index in [2.05, 4.69) is 13.8 Å². The Morgan fingerprint density at radius 3 is 1.76 bits per heavy atom. The minimum atomic E-state index is -1.32. The molecule has 0 aromatic heterocycles. The lowest BCUT2D eigenvalue weighted by molar-refractivity contribution is -0.158. The third kappa shape index (κ3) is 4.75. The maximum atomic E-state index is 12.2. The molecule has 0 unspecified atom stereocenters. The molecule has 0 atom stereocenters. The molecule has 0 saturated carbocycles. The van der Waals surface area contributed by atoms with Crippen LogP contribution in [0.1, 0.15) is 53.4 Å². The van der Waals surface area contributed by atoms with Gasteiger partial charge in [-0.05, 0) is 26.7 Å². The first kappa shape index (κ1) is 15.9. The summed E-state index contributed by atoms with van der Waals surface area (Å²) in [5.41, 5.74) is -1.32. The van der Waals surface area contributed by atoms with E-state index in [1.165, 1.54) is 13.8 Å². The van der Waals surface area contributed by atoms with E-state index in [1.54, 1.807) is 4.90 Å². The lowest BCUT2D eigenvalue weighted by Gasteiger charge is -2.29. The number of hydrogen-bond donors (Lipinski definition) is 1. The fraction of sp³-hybridized carbons (Fsp3) is 0.846. The normalized spacial score (nSPS) is 11.3. The molecule has 0 spiro atoms. The minimum Gasteiger partial charge on any atom is -0.480 e. The van der Waals surface area contributed by atoms with Gasteiger partial charge in [-0.3, -0.25) is 9.59 Å². The van der Waals surface area contributed by atoms with Gasteiger partial charge in [0.15, 0.2) is 0 Å². The van der Waals surface area contributed by atoms with Crippen LogP contribution in [-0.2, 0) is 9.59 Å². The average molecular weight is 243 g/mol. The second kappa shape index (κ2) is 7.30. The van der Waals surface area contributed by atoms with Gasteiger partial charge in [0, 0.05) is 13.1 Å². The van der Waals surface area contributed by atoms with Crippen molar-refractivity contribution in [3.05, 3.63) is 0 Å². The van der Waals surface area contributed by atoms with Crippen molar-refractivity contribution < 1.29 is 14.7 Å². The van der Waals surface area contributed by atoms with Gasteiger partial charge in [-0.2, -0.15) is 0 Å². The standard InChI is InChI=1S/C13H25NO3/c1-5-7-9-14(10-8-6-2)11(15)13(3,4)12(16)17/h5-10H2,1-4H3,(H,16,17). The van der Waals surface area contributed by atoms with Crippen molar-refractivity contribution in [1.82, 2.24) is 4.90 Å². The highest BCUT2D eigenvalue weighted by molar-refractivity contribution is 6.00. The van der Waals surface area contributed by atoms with Gasteiger partial charge in [-0.25, -0.2) is 0 Å². The van der Waals surface area contributed by atoms with Crippen LogP contribution in [0.2, 0.25) is 0 Å². The zero-order valence-electron chi connectivity index (χ0n) is 11.5. The van der Waals surface area contributed by atoms with E-state index in [-0.39, 0.29) is 5.91 Å². The van der Waals surface area contributed by atoms with Gasteiger partial charge in [0.1, 0.15) is 5.41 Å². The van der Waals surface area contributed by atoms with E-state index in [9.17, 15) is 9.59 Å². The average Bonchev–Trinajstić information content (AvgIpc) is 2.28. The summed E-state index contributed by atoms with van der Waals surface area (Å²) in [7, 11) is 0. The Balaban J connectivity index is 4.66. The van der Waals surface area contributed by atoms with Crippen LogP contribution >= 0.6 is 0 Å². The number of nitrogens with zero attached hydrogens (tertiary/aromatic N) is 1. The fourth-order valence-corrected chi connectivity index (χ4v) is 1.50. The molecule has 0 saturated heterocycles. The molecule has 100 valence electrons. The SMILES string of the molecule is CCCCN(CCCC)C(=O)C(C)(C)C(=O)O. The zero-order valence-corrected chi connectivity index (χ0v) is 11.5. The predicted octanol–water partition coefficient (Wildman–Crippen LogP) is 2.53. The Morgan fingerprint density at radius 2 is 1.47 bits per heavy atom. The highest BCUT2D eigenvalue weighted by Crippen LogP contribution is 2.20. The number of hydrogen-bond acceptors (Lipinski definition) is 2. The minimum absolute atomic E-state index is 0.271. The summed E-state index contributed by atoms with van der Waals surface area (Å²) in [5.74, 6) is -1.33. The molecule has 0 rings (SSSR count). The van der Waals surface area contributed by atoms with Crippen LogP contribution in [0.5, 0.6) is 0 Å². The zero-order chi connectivity index (χ0) is 13.5. The Labute approximate surface area is 104 Å². The largest absolute Gasteiger partial charge is 0.480 e. The molecule has 0 bridgehead atoms. The molecule has 0 radical (unpaired) electrons. The smallest absolute Gasteiger partial charge is 0.318 e. The van der Waals surface area contributed by atoms with Crippen LogP contribution in [0.15, 0.2) is 0 Å². The van der Waals surface area contributed by atoms with Crippen LogP contribution in [-0.4, -0.2) is 35.0 Å². The molecule has 0 aliphatic rings. The molecular weight excluding hydrogens is 218 g/mol. The van der Waals surface area contributed by atoms with Gasteiger partial charge in [0.2, 0.25) is 5.91 Å². The summed E-state index contributed by atoms with van der Waals surface area (Å²) < 4.78 is 0. The Bertz CT molecular complexity index is 253. The van der Waals surface area contributed by atoms with Gasteiger partial charge in [0.25, 0.3) is 0 Å². The third-order valence-electron chi connectivity index (χ3n) is 2.92. The highest BCUT2D eigenvalue weighted by atomic mass is 16.4. The van der Waals surface area contributed by atoms with Crippen molar-refractivity contribution in [2.24, 2.45) is 5.41 Å². The van der Waals surface area contributed by atoms with Crippen molar-refractivity contribution in [2.45, 2.75) is 53.4 Å². The first-order valence-corrected chi connectivity index (χ1v) is 6.40. The lowest BCUT2D eigenvalue weighted by Crippen LogP contribution is -2.46. The molecule has 0 aromatic rings. The number of carboxylic acid groups (broad SMARTS) is 1. The van der Waals surface area contributed by atoms with Crippen molar-refractivity contribution in [3.63, 3.8) is 0 Å². The quantitative estimate of drug-likeness (QED) is 0.666. The van der Waals surface area contributed by atoms with Crippen LogP contribution in [0.4, 0.5) is 0 Å². The second-order valence-electron chi connectivity index (χ2n) is 4.93. The highest BCUT2D eigenvalue weighted by Gasteiger charge is 2.38.